The second-order valence-electron chi connectivity index (χ2n) is 3.02. The van der Waals surface area contributed by atoms with Gasteiger partial charge in [0.05, 0.1) is 0 Å². The molecule has 1 aliphatic carbocycles. The summed E-state index contributed by atoms with van der Waals surface area (Å²) >= 11 is 0. The van der Waals surface area contributed by atoms with Gasteiger partial charge in [-0.1, -0.05) is 0 Å². The smallest absolute Gasteiger partial charge is 0.119 e. The highest BCUT2D eigenvalue weighted by molar-refractivity contribution is 5.42. The summed E-state index contributed by atoms with van der Waals surface area (Å²) in [5, 5.41) is 18.4. The normalized spacial score (nSPS) is 16.7. The van der Waals surface area contributed by atoms with Crippen molar-refractivity contribution in [1.29, 1.82) is 0 Å². The number of benzene rings is 1. The van der Waals surface area contributed by atoms with Gasteiger partial charge in [-0.05, 0) is 37.0 Å². The molecule has 0 bridgehead atoms. The molecule has 0 heterocycles. The fourth-order valence-electron chi connectivity index (χ4n) is 1.26. The van der Waals surface area contributed by atoms with Crippen molar-refractivity contribution >= 4 is 0 Å². The van der Waals surface area contributed by atoms with Gasteiger partial charge in [-0.15, -0.1) is 0 Å². The van der Waals surface area contributed by atoms with Gasteiger partial charge in [0.15, 0.2) is 0 Å². The lowest BCUT2D eigenvalue weighted by Crippen LogP contribution is -1.79. The lowest BCUT2D eigenvalue weighted by Gasteiger charge is -2.01. The van der Waals surface area contributed by atoms with Crippen LogP contribution in [0.4, 0.5) is 0 Å². The molecular formula is C9H10O2. The first kappa shape index (κ1) is 6.53. The topological polar surface area (TPSA) is 40.5 Å². The van der Waals surface area contributed by atoms with Gasteiger partial charge < -0.3 is 10.2 Å². The highest BCUT2D eigenvalue weighted by atomic mass is 16.3. The van der Waals surface area contributed by atoms with E-state index in [2.05, 4.69) is 0 Å². The summed E-state index contributed by atoms with van der Waals surface area (Å²) in [7, 11) is 0. The van der Waals surface area contributed by atoms with Crippen LogP contribution in [-0.4, -0.2) is 10.2 Å². The zero-order chi connectivity index (χ0) is 7.84. The van der Waals surface area contributed by atoms with E-state index in [0.717, 1.165) is 18.4 Å². The second-order valence-corrected chi connectivity index (χ2v) is 3.02. The van der Waals surface area contributed by atoms with E-state index >= 15 is 0 Å². The summed E-state index contributed by atoms with van der Waals surface area (Å²) in [4.78, 5) is 0. The Morgan fingerprint density at radius 1 is 1.18 bits per heavy atom. The summed E-state index contributed by atoms with van der Waals surface area (Å²) in [6.07, 6.45) is 2.27. The molecule has 0 aliphatic heterocycles. The van der Waals surface area contributed by atoms with Gasteiger partial charge in [-0.25, -0.2) is 0 Å². The van der Waals surface area contributed by atoms with Crippen molar-refractivity contribution in [2.24, 2.45) is 0 Å². The quantitative estimate of drug-likeness (QED) is 0.601. The molecule has 0 spiro atoms. The van der Waals surface area contributed by atoms with E-state index in [4.69, 9.17) is 5.11 Å². The van der Waals surface area contributed by atoms with Crippen molar-refractivity contribution in [2.45, 2.75) is 18.8 Å². The van der Waals surface area contributed by atoms with Crippen LogP contribution in [-0.2, 0) is 0 Å². The highest BCUT2D eigenvalue weighted by Gasteiger charge is 2.26. The standard InChI is InChI=1S/C9H10O2/c10-7-3-4-9(11)8(5-7)6-1-2-6/h3-6,10-11H,1-2H2. The van der Waals surface area contributed by atoms with Crippen LogP contribution in [0.3, 0.4) is 0 Å². The molecular weight excluding hydrogens is 140 g/mol. The predicted octanol–water partition coefficient (Wildman–Crippen LogP) is 1.98. The van der Waals surface area contributed by atoms with Crippen LogP contribution < -0.4 is 0 Å². The third-order valence-corrected chi connectivity index (χ3v) is 2.03. The number of phenols is 2. The molecule has 0 unspecified atom stereocenters. The van der Waals surface area contributed by atoms with Crippen LogP contribution in [0, 0.1) is 0 Å². The van der Waals surface area contributed by atoms with Crippen molar-refractivity contribution < 1.29 is 10.2 Å². The molecule has 2 rings (SSSR count). The molecule has 1 aliphatic rings. The Morgan fingerprint density at radius 2 is 1.91 bits per heavy atom. The lowest BCUT2D eigenvalue weighted by atomic mass is 10.1. The molecule has 58 valence electrons. The van der Waals surface area contributed by atoms with E-state index in [9.17, 15) is 5.11 Å². The van der Waals surface area contributed by atoms with E-state index in [1.54, 1.807) is 12.1 Å². The van der Waals surface area contributed by atoms with Crippen molar-refractivity contribution in [2.75, 3.05) is 0 Å². The Morgan fingerprint density at radius 3 is 2.55 bits per heavy atom. The fourth-order valence-corrected chi connectivity index (χ4v) is 1.26. The molecule has 1 aromatic rings. The summed E-state index contributed by atoms with van der Waals surface area (Å²) in [6, 6.07) is 4.69. The SMILES string of the molecule is Oc1ccc(O)c(C2CC2)c1. The minimum absolute atomic E-state index is 0.240. The number of aromatic hydroxyl groups is 2. The Bertz CT molecular complexity index is 277. The maximum atomic E-state index is 9.33. The van der Waals surface area contributed by atoms with Crippen molar-refractivity contribution in [3.05, 3.63) is 23.8 Å². The number of phenolic OH excluding ortho intramolecular Hbond substituents is 2. The second kappa shape index (κ2) is 2.16. The average Bonchev–Trinajstić information content (AvgIpc) is 2.76. The zero-order valence-electron chi connectivity index (χ0n) is 6.12. The predicted molar refractivity (Wildman–Crippen MR) is 41.7 cm³/mol. The number of rotatable bonds is 1. The van der Waals surface area contributed by atoms with Gasteiger partial charge >= 0.3 is 0 Å². The summed E-state index contributed by atoms with van der Waals surface area (Å²) in [6.45, 7) is 0. The molecule has 1 aromatic carbocycles. The van der Waals surface area contributed by atoms with E-state index in [1.165, 1.54) is 6.07 Å². The Labute approximate surface area is 65.1 Å². The zero-order valence-corrected chi connectivity index (χ0v) is 6.12. The highest BCUT2D eigenvalue weighted by Crippen LogP contribution is 2.44. The Hall–Kier alpha value is -1.18. The Balaban J connectivity index is 2.42. The van der Waals surface area contributed by atoms with Gasteiger partial charge in [-0.2, -0.15) is 0 Å². The summed E-state index contributed by atoms with van der Waals surface area (Å²) in [5.74, 6) is 1.04. The third kappa shape index (κ3) is 1.16. The van der Waals surface area contributed by atoms with Crippen LogP contribution >= 0.6 is 0 Å². The minimum Gasteiger partial charge on any atom is -0.508 e. The first-order chi connectivity index (χ1) is 5.27. The molecule has 2 N–H and O–H groups in total. The summed E-state index contributed by atoms with van der Waals surface area (Å²) < 4.78 is 0. The largest absolute Gasteiger partial charge is 0.508 e. The van der Waals surface area contributed by atoms with Crippen LogP contribution in [0.5, 0.6) is 11.5 Å². The fraction of sp³-hybridized carbons (Fsp3) is 0.333. The van der Waals surface area contributed by atoms with E-state index in [1.807, 2.05) is 0 Å². The molecule has 0 saturated heterocycles. The van der Waals surface area contributed by atoms with Crippen molar-refractivity contribution in [1.82, 2.24) is 0 Å². The molecule has 1 saturated carbocycles. The van der Waals surface area contributed by atoms with Crippen LogP contribution in [0.1, 0.15) is 24.3 Å². The minimum atomic E-state index is 0.240. The lowest BCUT2D eigenvalue weighted by molar-refractivity contribution is 0.454. The maximum absolute atomic E-state index is 9.33. The van der Waals surface area contributed by atoms with E-state index < -0.39 is 0 Å². The number of hydrogen-bond donors (Lipinski definition) is 2. The molecule has 0 atom stereocenters. The van der Waals surface area contributed by atoms with E-state index in [-0.39, 0.29) is 5.75 Å². The number of hydrogen-bond acceptors (Lipinski definition) is 2. The third-order valence-electron chi connectivity index (χ3n) is 2.03. The Kier molecular flexibility index (Phi) is 1.28. The van der Waals surface area contributed by atoms with Crippen LogP contribution in [0.2, 0.25) is 0 Å². The van der Waals surface area contributed by atoms with Crippen molar-refractivity contribution in [3.63, 3.8) is 0 Å². The monoisotopic (exact) mass is 150 g/mol. The summed E-state index contributed by atoms with van der Waals surface area (Å²) in [5.41, 5.74) is 0.894. The first-order valence-corrected chi connectivity index (χ1v) is 3.79. The molecule has 0 radical (unpaired) electrons. The van der Waals surface area contributed by atoms with Crippen LogP contribution in [0.15, 0.2) is 18.2 Å². The molecule has 11 heavy (non-hydrogen) atoms. The molecule has 0 amide bonds. The average molecular weight is 150 g/mol. The van der Waals surface area contributed by atoms with Gasteiger partial charge in [0, 0.05) is 5.56 Å². The van der Waals surface area contributed by atoms with Crippen molar-refractivity contribution in [3.8, 4) is 11.5 Å². The first-order valence-electron chi connectivity index (χ1n) is 3.79. The van der Waals surface area contributed by atoms with Gasteiger partial charge in [0.25, 0.3) is 0 Å². The molecule has 2 nitrogen and oxygen atoms in total. The van der Waals surface area contributed by atoms with E-state index in [0.29, 0.717) is 11.7 Å². The van der Waals surface area contributed by atoms with Gasteiger partial charge in [0.1, 0.15) is 11.5 Å². The van der Waals surface area contributed by atoms with Gasteiger partial charge in [0.2, 0.25) is 0 Å². The van der Waals surface area contributed by atoms with Gasteiger partial charge in [-0.3, -0.25) is 0 Å². The van der Waals surface area contributed by atoms with Crippen LogP contribution in [0.25, 0.3) is 0 Å². The molecule has 2 heteroatoms. The molecule has 1 fully saturated rings. The molecule has 0 aromatic heterocycles. The maximum Gasteiger partial charge on any atom is 0.119 e.